The SMILES string of the molecule is Cc1cc(CNCC(=O)N2CCN(c3cccc(C)c3C)CC2)n[nH]1. The molecule has 6 heteroatoms. The topological polar surface area (TPSA) is 64.3 Å². The van der Waals surface area contributed by atoms with Crippen LogP contribution in [-0.2, 0) is 11.3 Å². The third-order valence-corrected chi connectivity index (χ3v) is 4.89. The predicted octanol–water partition coefficient (Wildman–Crippen LogP) is 1.77. The van der Waals surface area contributed by atoms with Gasteiger partial charge >= 0.3 is 0 Å². The summed E-state index contributed by atoms with van der Waals surface area (Å²) in [7, 11) is 0. The van der Waals surface area contributed by atoms with Crippen molar-refractivity contribution >= 4 is 11.6 Å². The molecule has 1 aliphatic rings. The number of carbonyl (C=O) groups is 1. The molecule has 1 fully saturated rings. The van der Waals surface area contributed by atoms with Gasteiger partial charge in [-0.3, -0.25) is 9.89 Å². The highest BCUT2D eigenvalue weighted by molar-refractivity contribution is 5.78. The van der Waals surface area contributed by atoms with Crippen molar-refractivity contribution in [1.82, 2.24) is 20.4 Å². The molecule has 1 aromatic carbocycles. The summed E-state index contributed by atoms with van der Waals surface area (Å²) < 4.78 is 0. The average Bonchev–Trinajstić information content (AvgIpc) is 3.03. The fourth-order valence-electron chi connectivity index (χ4n) is 3.25. The largest absolute Gasteiger partial charge is 0.368 e. The number of nitrogens with one attached hydrogen (secondary N) is 2. The van der Waals surface area contributed by atoms with Crippen molar-refractivity contribution in [2.24, 2.45) is 0 Å². The molecule has 1 aliphatic heterocycles. The van der Waals surface area contributed by atoms with E-state index in [1.165, 1.54) is 16.8 Å². The van der Waals surface area contributed by atoms with Gasteiger partial charge in [0.05, 0.1) is 12.2 Å². The fraction of sp³-hybridized carbons (Fsp3) is 0.474. The molecule has 2 N–H and O–H groups in total. The summed E-state index contributed by atoms with van der Waals surface area (Å²) >= 11 is 0. The Morgan fingerprint density at radius 1 is 1.20 bits per heavy atom. The molecule has 1 saturated heterocycles. The monoisotopic (exact) mass is 341 g/mol. The number of piperazine rings is 1. The molecule has 1 aromatic heterocycles. The summed E-state index contributed by atoms with van der Waals surface area (Å²) in [4.78, 5) is 16.7. The molecule has 1 amide bonds. The van der Waals surface area contributed by atoms with Crippen molar-refractivity contribution in [3.63, 3.8) is 0 Å². The number of aryl methyl sites for hydroxylation is 2. The second kappa shape index (κ2) is 7.70. The summed E-state index contributed by atoms with van der Waals surface area (Å²) in [6, 6.07) is 8.41. The molecule has 6 nitrogen and oxygen atoms in total. The second-order valence-corrected chi connectivity index (χ2v) is 6.73. The summed E-state index contributed by atoms with van der Waals surface area (Å²) in [6.45, 7) is 10.6. The molecular formula is C19H27N5O. The Hall–Kier alpha value is -2.34. The van der Waals surface area contributed by atoms with E-state index in [4.69, 9.17) is 0 Å². The number of rotatable bonds is 5. The van der Waals surface area contributed by atoms with Crippen molar-refractivity contribution in [1.29, 1.82) is 0 Å². The molecule has 0 radical (unpaired) electrons. The quantitative estimate of drug-likeness (QED) is 0.870. The van der Waals surface area contributed by atoms with Crippen LogP contribution < -0.4 is 10.2 Å². The Morgan fingerprint density at radius 2 is 1.96 bits per heavy atom. The zero-order valence-corrected chi connectivity index (χ0v) is 15.3. The minimum absolute atomic E-state index is 0.160. The number of benzene rings is 1. The first-order valence-electron chi connectivity index (χ1n) is 8.85. The van der Waals surface area contributed by atoms with Crippen molar-refractivity contribution < 1.29 is 4.79 Å². The minimum Gasteiger partial charge on any atom is -0.368 e. The zero-order valence-electron chi connectivity index (χ0n) is 15.3. The smallest absolute Gasteiger partial charge is 0.236 e. The maximum Gasteiger partial charge on any atom is 0.236 e. The normalized spacial score (nSPS) is 14.8. The lowest BCUT2D eigenvalue weighted by Crippen LogP contribution is -2.51. The van der Waals surface area contributed by atoms with Crippen molar-refractivity contribution in [3.05, 3.63) is 46.8 Å². The van der Waals surface area contributed by atoms with E-state index >= 15 is 0 Å². The Labute approximate surface area is 149 Å². The third kappa shape index (κ3) is 4.20. The van der Waals surface area contributed by atoms with Crippen LogP contribution in [0.1, 0.15) is 22.5 Å². The molecule has 3 rings (SSSR count). The first kappa shape index (κ1) is 17.5. The molecule has 0 saturated carbocycles. The molecule has 2 heterocycles. The van der Waals surface area contributed by atoms with Gasteiger partial charge in [0.2, 0.25) is 5.91 Å². The van der Waals surface area contributed by atoms with Crippen LogP contribution in [0, 0.1) is 20.8 Å². The van der Waals surface area contributed by atoms with Gasteiger partial charge in [-0.05, 0) is 44.0 Å². The number of carbonyl (C=O) groups excluding carboxylic acids is 1. The van der Waals surface area contributed by atoms with Gasteiger partial charge in [0.15, 0.2) is 0 Å². The van der Waals surface area contributed by atoms with E-state index < -0.39 is 0 Å². The van der Waals surface area contributed by atoms with Gasteiger partial charge < -0.3 is 15.1 Å². The Kier molecular flexibility index (Phi) is 5.38. The third-order valence-electron chi connectivity index (χ3n) is 4.89. The van der Waals surface area contributed by atoms with E-state index in [1.54, 1.807) is 0 Å². The lowest BCUT2D eigenvalue weighted by atomic mass is 10.1. The molecule has 0 spiro atoms. The number of amides is 1. The van der Waals surface area contributed by atoms with Gasteiger partial charge in [-0.2, -0.15) is 5.10 Å². The van der Waals surface area contributed by atoms with Crippen molar-refractivity contribution in [3.8, 4) is 0 Å². The standard InChI is InChI=1S/C19H27N5O/c1-14-5-4-6-18(16(14)3)23-7-9-24(10-8-23)19(25)13-20-12-17-11-15(2)21-22-17/h4-6,11,20H,7-10,12-13H2,1-3H3,(H,21,22). The molecule has 0 bridgehead atoms. The van der Waals surface area contributed by atoms with E-state index in [1.807, 2.05) is 17.9 Å². The van der Waals surface area contributed by atoms with Gasteiger partial charge in [-0.15, -0.1) is 0 Å². The maximum absolute atomic E-state index is 12.4. The predicted molar refractivity (Wildman–Crippen MR) is 99.7 cm³/mol. The van der Waals surface area contributed by atoms with Crippen LogP contribution in [0.15, 0.2) is 24.3 Å². The number of aromatic amines is 1. The first-order chi connectivity index (χ1) is 12.0. The van der Waals surface area contributed by atoms with Crippen LogP contribution in [0.2, 0.25) is 0 Å². The highest BCUT2D eigenvalue weighted by atomic mass is 16.2. The first-order valence-corrected chi connectivity index (χ1v) is 8.85. The Bertz CT molecular complexity index is 731. The number of H-pyrrole nitrogens is 1. The van der Waals surface area contributed by atoms with Crippen molar-refractivity contribution in [2.45, 2.75) is 27.3 Å². The molecule has 0 aliphatic carbocycles. The van der Waals surface area contributed by atoms with Crippen LogP contribution in [0.25, 0.3) is 0 Å². The van der Waals surface area contributed by atoms with Crippen LogP contribution in [-0.4, -0.2) is 53.7 Å². The lowest BCUT2D eigenvalue weighted by Gasteiger charge is -2.37. The van der Waals surface area contributed by atoms with Crippen molar-refractivity contribution in [2.75, 3.05) is 37.6 Å². The number of aromatic nitrogens is 2. The Morgan fingerprint density at radius 3 is 2.64 bits per heavy atom. The molecule has 0 unspecified atom stereocenters. The van der Waals surface area contributed by atoms with Crippen LogP contribution in [0.4, 0.5) is 5.69 Å². The molecule has 134 valence electrons. The van der Waals surface area contributed by atoms with Crippen LogP contribution in [0.3, 0.4) is 0 Å². The van der Waals surface area contributed by atoms with Gasteiger partial charge in [0.25, 0.3) is 0 Å². The maximum atomic E-state index is 12.4. The highest BCUT2D eigenvalue weighted by Gasteiger charge is 2.22. The second-order valence-electron chi connectivity index (χ2n) is 6.73. The van der Waals surface area contributed by atoms with Crippen LogP contribution in [0.5, 0.6) is 0 Å². The molecule has 2 aromatic rings. The van der Waals surface area contributed by atoms with E-state index in [-0.39, 0.29) is 5.91 Å². The summed E-state index contributed by atoms with van der Waals surface area (Å²) in [6.07, 6.45) is 0. The van der Waals surface area contributed by atoms with Crippen LogP contribution >= 0.6 is 0 Å². The van der Waals surface area contributed by atoms with E-state index in [0.29, 0.717) is 13.1 Å². The summed E-state index contributed by atoms with van der Waals surface area (Å²) in [5.74, 6) is 0.160. The number of anilines is 1. The average molecular weight is 341 g/mol. The van der Waals surface area contributed by atoms with Gasteiger partial charge in [0.1, 0.15) is 0 Å². The zero-order chi connectivity index (χ0) is 17.8. The van der Waals surface area contributed by atoms with E-state index in [2.05, 4.69) is 52.5 Å². The van der Waals surface area contributed by atoms with E-state index in [9.17, 15) is 4.79 Å². The number of hydrogen-bond acceptors (Lipinski definition) is 4. The van der Waals surface area contributed by atoms with Gasteiger partial charge in [0, 0.05) is 44.1 Å². The Balaban J connectivity index is 1.46. The molecular weight excluding hydrogens is 314 g/mol. The number of hydrogen-bond donors (Lipinski definition) is 2. The highest BCUT2D eigenvalue weighted by Crippen LogP contribution is 2.23. The lowest BCUT2D eigenvalue weighted by molar-refractivity contribution is -0.130. The van der Waals surface area contributed by atoms with Gasteiger partial charge in [-0.1, -0.05) is 12.1 Å². The summed E-state index contributed by atoms with van der Waals surface area (Å²) in [5.41, 5.74) is 5.90. The fourth-order valence-corrected chi connectivity index (χ4v) is 3.25. The molecule has 25 heavy (non-hydrogen) atoms. The number of nitrogens with zero attached hydrogens (tertiary/aromatic N) is 3. The van der Waals surface area contributed by atoms with Gasteiger partial charge in [-0.25, -0.2) is 0 Å². The van der Waals surface area contributed by atoms with E-state index in [0.717, 1.165) is 37.6 Å². The molecule has 0 atom stereocenters. The minimum atomic E-state index is 0.160. The summed E-state index contributed by atoms with van der Waals surface area (Å²) in [5, 5.41) is 10.3.